The van der Waals surface area contributed by atoms with Crippen molar-refractivity contribution in [2.75, 3.05) is 0 Å². The molecule has 0 saturated carbocycles. The predicted molar refractivity (Wildman–Crippen MR) is 136 cm³/mol. The van der Waals surface area contributed by atoms with E-state index in [2.05, 4.69) is 39.2 Å². The van der Waals surface area contributed by atoms with Gasteiger partial charge in [0.2, 0.25) is 0 Å². The van der Waals surface area contributed by atoms with E-state index in [-0.39, 0.29) is 45.9 Å². The minimum Gasteiger partial charge on any atom is 0 e. The van der Waals surface area contributed by atoms with Crippen LogP contribution in [0, 0.1) is 25.8 Å². The van der Waals surface area contributed by atoms with Crippen LogP contribution < -0.4 is 0 Å². The van der Waals surface area contributed by atoms with Gasteiger partial charge in [-0.15, -0.1) is 35.9 Å². The quantitative estimate of drug-likeness (QED) is 0.155. The summed E-state index contributed by atoms with van der Waals surface area (Å²) in [6.07, 6.45) is 4.68. The summed E-state index contributed by atoms with van der Waals surface area (Å²) in [5.74, 6) is 0. The van der Waals surface area contributed by atoms with Crippen LogP contribution in [0.3, 0.4) is 0 Å². The molecule has 4 heterocycles. The van der Waals surface area contributed by atoms with Crippen molar-refractivity contribution in [3.63, 3.8) is 0 Å². The maximum Gasteiger partial charge on any atom is 0 e. The number of hydrogen-bond acceptors (Lipinski definition) is 3. The van der Waals surface area contributed by atoms with Crippen molar-refractivity contribution in [1.29, 1.82) is 0 Å². The summed E-state index contributed by atoms with van der Waals surface area (Å²) in [5, 5.41) is 2.37. The summed E-state index contributed by atoms with van der Waals surface area (Å²) in [7, 11) is 0. The first-order chi connectivity index (χ1) is 18.6. The molecule has 5 heteroatoms. The van der Waals surface area contributed by atoms with E-state index in [1.54, 1.807) is 24.3 Å². The van der Waals surface area contributed by atoms with Gasteiger partial charge in [0.05, 0.1) is 0 Å². The van der Waals surface area contributed by atoms with Crippen molar-refractivity contribution in [2.45, 2.75) is 13.7 Å². The molecule has 0 unspecified atom stereocenters. The van der Waals surface area contributed by atoms with Crippen LogP contribution in [0.4, 0.5) is 0 Å². The van der Waals surface area contributed by atoms with Gasteiger partial charge in [-0.3, -0.25) is 0 Å². The summed E-state index contributed by atoms with van der Waals surface area (Å²) in [6.45, 7) is -4.37. The Bertz CT molecular complexity index is 1730. The van der Waals surface area contributed by atoms with Gasteiger partial charge in [0.1, 0.15) is 0 Å². The summed E-state index contributed by atoms with van der Waals surface area (Å²) < 4.78 is 47.2. The molecule has 0 N–H and O–H groups in total. The molecule has 4 aromatic heterocycles. The molecule has 34 heavy (non-hydrogen) atoms. The van der Waals surface area contributed by atoms with E-state index in [9.17, 15) is 0 Å². The van der Waals surface area contributed by atoms with Crippen LogP contribution >= 0.6 is 0 Å². The van der Waals surface area contributed by atoms with Crippen LogP contribution in [0.5, 0.6) is 0 Å². The van der Waals surface area contributed by atoms with Crippen LogP contribution in [0.25, 0.3) is 41.8 Å². The standard InChI is InChI=1S/C17H11N2Se.C12H10N.Ir/c1-11-12(6-4-8-18-11)15-9-17-14(10-19-15)13-5-2-3-7-16(13)20-17;1-10-7-8-12(13-9-10)11-5-3-2-4-6-11;/h2-5,7-10H,1H3;2-5,7-9H,1H3;/q2*-1;/i2*1D3;. The number of nitrogens with zero attached hydrogens (tertiary/aromatic N) is 3. The van der Waals surface area contributed by atoms with Crippen LogP contribution in [-0.2, 0) is 20.1 Å². The van der Waals surface area contributed by atoms with Crippen LogP contribution in [0.2, 0.25) is 0 Å². The third-order valence-corrected chi connectivity index (χ3v) is 7.39. The SMILES string of the molecule is [2H]C([2H])([2H])c1ccc(-c2[c-]cccc2)nc1.[2H]C([2H])([2H])c1ncc[c-]c1-c1cc2[se]c3ccccc3c2cn1.[Ir]. The van der Waals surface area contributed by atoms with Crippen LogP contribution in [0.1, 0.15) is 19.5 Å². The van der Waals surface area contributed by atoms with E-state index in [1.807, 2.05) is 42.6 Å². The molecule has 6 rings (SSSR count). The third kappa shape index (κ3) is 5.24. The van der Waals surface area contributed by atoms with E-state index in [0.717, 1.165) is 16.6 Å². The van der Waals surface area contributed by atoms with Crippen molar-refractivity contribution in [1.82, 2.24) is 15.0 Å². The molecule has 2 aromatic carbocycles. The molecule has 1 radical (unpaired) electrons. The number of benzene rings is 2. The average molecular weight is 689 g/mol. The molecule has 0 amide bonds. The Morgan fingerprint density at radius 1 is 0.765 bits per heavy atom. The molecule has 0 aliphatic heterocycles. The Labute approximate surface area is 227 Å². The minimum absolute atomic E-state index is 0. The number of aromatic nitrogens is 3. The molecular weight excluding hydrogens is 662 g/mol. The van der Waals surface area contributed by atoms with Crippen molar-refractivity contribution >= 4 is 33.8 Å². The zero-order valence-electron chi connectivity index (χ0n) is 23.7. The number of fused-ring (bicyclic) bond motifs is 3. The predicted octanol–water partition coefficient (Wildman–Crippen LogP) is 6.47. The monoisotopic (exact) mass is 690 g/mol. The number of pyridine rings is 3. The van der Waals surface area contributed by atoms with Gasteiger partial charge in [0.15, 0.2) is 0 Å². The summed E-state index contributed by atoms with van der Waals surface area (Å²) in [5.41, 5.74) is 2.98. The molecular formula is C29H21IrN3Se-2. The molecule has 0 saturated heterocycles. The van der Waals surface area contributed by atoms with Gasteiger partial charge >= 0.3 is 127 Å². The zero-order valence-corrected chi connectivity index (χ0v) is 21.9. The van der Waals surface area contributed by atoms with Gasteiger partial charge in [0.25, 0.3) is 0 Å². The van der Waals surface area contributed by atoms with E-state index in [4.69, 9.17) is 8.22 Å². The first-order valence-corrected chi connectivity index (χ1v) is 11.9. The van der Waals surface area contributed by atoms with E-state index in [1.165, 1.54) is 26.3 Å². The number of aryl methyl sites for hydroxylation is 2. The molecule has 0 atom stereocenters. The second-order valence-electron chi connectivity index (χ2n) is 7.19. The van der Waals surface area contributed by atoms with Gasteiger partial charge in [-0.25, -0.2) is 0 Å². The summed E-state index contributed by atoms with van der Waals surface area (Å²) in [4.78, 5) is 12.6. The molecule has 0 fully saturated rings. The maximum atomic E-state index is 7.65. The van der Waals surface area contributed by atoms with Crippen molar-refractivity contribution in [3.8, 4) is 22.5 Å². The van der Waals surface area contributed by atoms with E-state index >= 15 is 0 Å². The van der Waals surface area contributed by atoms with E-state index < -0.39 is 13.7 Å². The third-order valence-electron chi connectivity index (χ3n) is 5.01. The van der Waals surface area contributed by atoms with Gasteiger partial charge in [-0.1, -0.05) is 12.1 Å². The fraction of sp³-hybridized carbons (Fsp3) is 0.0690. The zero-order chi connectivity index (χ0) is 27.6. The Kier molecular flexibility index (Phi) is 5.65. The van der Waals surface area contributed by atoms with Crippen LogP contribution in [0.15, 0.2) is 91.4 Å². The molecule has 0 spiro atoms. The maximum absolute atomic E-state index is 7.65. The Morgan fingerprint density at radius 3 is 2.44 bits per heavy atom. The van der Waals surface area contributed by atoms with Crippen LogP contribution in [-0.4, -0.2) is 29.5 Å². The van der Waals surface area contributed by atoms with Crippen molar-refractivity contribution in [3.05, 3.63) is 115 Å². The number of hydrogen-bond donors (Lipinski definition) is 0. The minimum atomic E-state index is -2.28. The van der Waals surface area contributed by atoms with Gasteiger partial charge in [0, 0.05) is 30.4 Å². The molecule has 0 aliphatic rings. The molecule has 0 aliphatic carbocycles. The molecule has 3 nitrogen and oxygen atoms in total. The fourth-order valence-electron chi connectivity index (χ4n) is 3.42. The molecule has 169 valence electrons. The second kappa shape index (κ2) is 11.0. The second-order valence-corrected chi connectivity index (χ2v) is 9.46. The Morgan fingerprint density at radius 2 is 1.65 bits per heavy atom. The van der Waals surface area contributed by atoms with Crippen molar-refractivity contribution < 1.29 is 28.3 Å². The first-order valence-electron chi connectivity index (χ1n) is 13.2. The fourth-order valence-corrected chi connectivity index (χ4v) is 5.76. The van der Waals surface area contributed by atoms with E-state index in [0.29, 0.717) is 11.3 Å². The summed E-state index contributed by atoms with van der Waals surface area (Å²) >= 11 is 0.214. The largest absolute Gasteiger partial charge is 0 e. The first kappa shape index (κ1) is 17.5. The Balaban J connectivity index is 0.000000192. The van der Waals surface area contributed by atoms with Crippen molar-refractivity contribution in [2.24, 2.45) is 0 Å². The molecule has 0 bridgehead atoms. The normalized spacial score (nSPS) is 13.8. The smallest absolute Gasteiger partial charge is 0 e. The summed E-state index contributed by atoms with van der Waals surface area (Å²) in [6, 6.07) is 28.7. The van der Waals surface area contributed by atoms with Gasteiger partial charge < -0.3 is 4.98 Å². The number of rotatable bonds is 2. The molecule has 6 aromatic rings. The Hall–Kier alpha value is -2.94. The average Bonchev–Trinajstić information content (AvgIpc) is 3.31. The van der Waals surface area contributed by atoms with Gasteiger partial charge in [-0.05, 0) is 18.1 Å². The van der Waals surface area contributed by atoms with Gasteiger partial charge in [-0.2, -0.15) is 0 Å². The topological polar surface area (TPSA) is 38.7 Å².